The van der Waals surface area contributed by atoms with Gasteiger partial charge in [-0.1, -0.05) is 30.3 Å². The number of anilines is 2. The van der Waals surface area contributed by atoms with Crippen molar-refractivity contribution in [3.63, 3.8) is 0 Å². The van der Waals surface area contributed by atoms with Crippen LogP contribution < -0.4 is 9.62 Å². The fraction of sp³-hybridized carbons (Fsp3) is 0.105. The van der Waals surface area contributed by atoms with Crippen LogP contribution in [0.2, 0.25) is 0 Å². The maximum atomic E-state index is 13.3. The minimum atomic E-state index is -3.76. The van der Waals surface area contributed by atoms with Crippen LogP contribution in [0.15, 0.2) is 65.6 Å². The Bertz CT molecular complexity index is 1090. The molecule has 3 aromatic rings. The zero-order chi connectivity index (χ0) is 17.6. The first kappa shape index (κ1) is 15.7. The van der Waals surface area contributed by atoms with Gasteiger partial charge in [-0.05, 0) is 37.3 Å². The zero-order valence-corrected chi connectivity index (χ0v) is 14.4. The molecule has 0 saturated carbocycles. The maximum Gasteiger partial charge on any atom is 0.264 e. The van der Waals surface area contributed by atoms with Gasteiger partial charge in [0.05, 0.1) is 10.6 Å². The first-order valence-corrected chi connectivity index (χ1v) is 9.43. The molecular formula is C19H16N2O3S. The van der Waals surface area contributed by atoms with Gasteiger partial charge in [0, 0.05) is 28.6 Å². The molecule has 126 valence electrons. The third-order valence-electron chi connectivity index (χ3n) is 4.39. The average Bonchev–Trinajstić information content (AvgIpc) is 2.94. The molecular weight excluding hydrogens is 336 g/mol. The number of para-hydroxylation sites is 1. The standard InChI is InChI=1S/C19H16N2O3S/c1-2-21(13-7-4-3-5-8-13)25(23,24)17-12-11-16-18-14(17)9-6-10-15(18)19(22)20-16/h3-12H,2H2,1H3,(H,20,22). The van der Waals surface area contributed by atoms with Crippen molar-refractivity contribution >= 4 is 38.1 Å². The predicted octanol–water partition coefficient (Wildman–Crippen LogP) is 3.62. The van der Waals surface area contributed by atoms with Crippen molar-refractivity contribution in [1.82, 2.24) is 0 Å². The molecule has 1 aliphatic heterocycles. The van der Waals surface area contributed by atoms with E-state index >= 15 is 0 Å². The fourth-order valence-corrected chi connectivity index (χ4v) is 4.96. The zero-order valence-electron chi connectivity index (χ0n) is 13.6. The van der Waals surface area contributed by atoms with Crippen molar-refractivity contribution in [1.29, 1.82) is 0 Å². The monoisotopic (exact) mass is 352 g/mol. The van der Waals surface area contributed by atoms with Crippen molar-refractivity contribution in [3.05, 3.63) is 66.2 Å². The number of hydrogen-bond donors (Lipinski definition) is 1. The van der Waals surface area contributed by atoms with Gasteiger partial charge < -0.3 is 5.32 Å². The van der Waals surface area contributed by atoms with Crippen molar-refractivity contribution in [2.75, 3.05) is 16.2 Å². The van der Waals surface area contributed by atoms with Crippen molar-refractivity contribution < 1.29 is 13.2 Å². The highest BCUT2D eigenvalue weighted by Gasteiger charge is 2.29. The number of rotatable bonds is 4. The molecule has 6 heteroatoms. The Morgan fingerprint density at radius 2 is 1.72 bits per heavy atom. The summed E-state index contributed by atoms with van der Waals surface area (Å²) in [6, 6.07) is 17.4. The lowest BCUT2D eigenvalue weighted by Crippen LogP contribution is -2.30. The van der Waals surface area contributed by atoms with Crippen LogP contribution in [0.5, 0.6) is 0 Å². The molecule has 0 unspecified atom stereocenters. The van der Waals surface area contributed by atoms with E-state index in [9.17, 15) is 13.2 Å². The van der Waals surface area contributed by atoms with Crippen LogP contribution in [0.3, 0.4) is 0 Å². The first-order chi connectivity index (χ1) is 12.0. The molecule has 25 heavy (non-hydrogen) atoms. The van der Waals surface area contributed by atoms with Gasteiger partial charge in [-0.15, -0.1) is 0 Å². The van der Waals surface area contributed by atoms with Gasteiger partial charge in [-0.3, -0.25) is 9.10 Å². The Kier molecular flexibility index (Phi) is 3.51. The third-order valence-corrected chi connectivity index (χ3v) is 6.35. The van der Waals surface area contributed by atoms with Crippen LogP contribution in [0, 0.1) is 0 Å². The number of nitrogens with zero attached hydrogens (tertiary/aromatic N) is 1. The van der Waals surface area contributed by atoms with E-state index in [1.807, 2.05) is 18.2 Å². The topological polar surface area (TPSA) is 66.5 Å². The summed E-state index contributed by atoms with van der Waals surface area (Å²) < 4.78 is 28.0. The first-order valence-electron chi connectivity index (χ1n) is 7.99. The van der Waals surface area contributed by atoms with Crippen molar-refractivity contribution in [2.24, 2.45) is 0 Å². The Hall–Kier alpha value is -2.86. The lowest BCUT2D eigenvalue weighted by Gasteiger charge is -2.23. The van der Waals surface area contributed by atoms with Crippen LogP contribution in [-0.4, -0.2) is 20.9 Å². The summed E-state index contributed by atoms with van der Waals surface area (Å²) in [5.41, 5.74) is 1.77. The lowest BCUT2D eigenvalue weighted by atomic mass is 10.1. The Labute approximate surface area is 145 Å². The second-order valence-corrected chi connectivity index (χ2v) is 7.63. The quantitative estimate of drug-likeness (QED) is 0.780. The lowest BCUT2D eigenvalue weighted by molar-refractivity contribution is 0.103. The van der Waals surface area contributed by atoms with Gasteiger partial charge in [0.25, 0.3) is 15.9 Å². The molecule has 3 aromatic carbocycles. The molecule has 0 saturated heterocycles. The molecule has 0 radical (unpaired) electrons. The number of carbonyl (C=O) groups excluding carboxylic acids is 1. The number of hydrogen-bond acceptors (Lipinski definition) is 3. The van der Waals surface area contributed by atoms with Crippen LogP contribution in [0.25, 0.3) is 10.8 Å². The van der Waals surface area contributed by atoms with Crippen LogP contribution in [0.4, 0.5) is 11.4 Å². The van der Waals surface area contributed by atoms with E-state index in [4.69, 9.17) is 0 Å². The van der Waals surface area contributed by atoms with Gasteiger partial charge in [-0.25, -0.2) is 8.42 Å². The van der Waals surface area contributed by atoms with Crippen molar-refractivity contribution in [2.45, 2.75) is 11.8 Å². The highest BCUT2D eigenvalue weighted by molar-refractivity contribution is 7.93. The second-order valence-electron chi connectivity index (χ2n) is 5.80. The minimum absolute atomic E-state index is 0.203. The maximum absolute atomic E-state index is 13.3. The van der Waals surface area contributed by atoms with Gasteiger partial charge in [0.15, 0.2) is 0 Å². The van der Waals surface area contributed by atoms with E-state index in [0.29, 0.717) is 34.3 Å². The van der Waals surface area contributed by atoms with E-state index in [2.05, 4.69) is 5.32 Å². The van der Waals surface area contributed by atoms with E-state index in [-0.39, 0.29) is 10.8 Å². The van der Waals surface area contributed by atoms with Gasteiger partial charge in [0.2, 0.25) is 0 Å². The SMILES string of the molecule is CCN(c1ccccc1)S(=O)(=O)c1ccc2c3c(cccc13)C(=O)N2. The molecule has 0 atom stereocenters. The Balaban J connectivity index is 1.96. The van der Waals surface area contributed by atoms with Crippen LogP contribution >= 0.6 is 0 Å². The molecule has 0 aliphatic carbocycles. The molecule has 5 nitrogen and oxygen atoms in total. The second kappa shape index (κ2) is 5.60. The minimum Gasteiger partial charge on any atom is -0.321 e. The van der Waals surface area contributed by atoms with E-state index in [1.54, 1.807) is 49.4 Å². The van der Waals surface area contributed by atoms with E-state index < -0.39 is 10.0 Å². The van der Waals surface area contributed by atoms with Gasteiger partial charge in [-0.2, -0.15) is 0 Å². The number of benzene rings is 3. The summed E-state index contributed by atoms with van der Waals surface area (Å²) in [5.74, 6) is -0.203. The highest BCUT2D eigenvalue weighted by atomic mass is 32.2. The van der Waals surface area contributed by atoms with Crippen LogP contribution in [-0.2, 0) is 10.0 Å². The molecule has 4 rings (SSSR count). The summed E-state index contributed by atoms with van der Waals surface area (Å²) in [6.07, 6.45) is 0. The smallest absolute Gasteiger partial charge is 0.264 e. The molecule has 1 heterocycles. The molecule has 1 amide bonds. The van der Waals surface area contributed by atoms with Crippen LogP contribution in [0.1, 0.15) is 17.3 Å². The molecule has 0 aromatic heterocycles. The predicted molar refractivity (Wildman–Crippen MR) is 98.5 cm³/mol. The summed E-state index contributed by atoms with van der Waals surface area (Å²) in [4.78, 5) is 12.3. The van der Waals surface area contributed by atoms with Gasteiger partial charge in [0.1, 0.15) is 0 Å². The van der Waals surface area contributed by atoms with Gasteiger partial charge >= 0.3 is 0 Å². The molecule has 0 spiro atoms. The molecule has 0 bridgehead atoms. The number of amides is 1. The molecule has 1 N–H and O–H groups in total. The average molecular weight is 352 g/mol. The Morgan fingerprint density at radius 1 is 0.960 bits per heavy atom. The summed E-state index contributed by atoms with van der Waals surface area (Å²) >= 11 is 0. The number of carbonyl (C=O) groups is 1. The van der Waals surface area contributed by atoms with E-state index in [0.717, 1.165) is 0 Å². The third kappa shape index (κ3) is 2.29. The molecule has 1 aliphatic rings. The molecule has 0 fully saturated rings. The number of nitrogens with one attached hydrogen (secondary N) is 1. The van der Waals surface area contributed by atoms with Crippen molar-refractivity contribution in [3.8, 4) is 0 Å². The summed E-state index contributed by atoms with van der Waals surface area (Å²) in [6.45, 7) is 2.11. The summed E-state index contributed by atoms with van der Waals surface area (Å²) in [5, 5.41) is 4.00. The summed E-state index contributed by atoms with van der Waals surface area (Å²) in [7, 11) is -3.76. The number of sulfonamides is 1. The van der Waals surface area contributed by atoms with E-state index in [1.165, 1.54) is 4.31 Å². The highest BCUT2D eigenvalue weighted by Crippen LogP contribution is 2.38. The normalized spacial score (nSPS) is 13.1. The largest absolute Gasteiger partial charge is 0.321 e. The fourth-order valence-electron chi connectivity index (χ4n) is 3.29. The Morgan fingerprint density at radius 3 is 2.44 bits per heavy atom.